The molecule has 3 amide bonds. The molecule has 0 saturated carbocycles. The predicted octanol–water partition coefficient (Wildman–Crippen LogP) is 3.76. The number of hydrogen-bond acceptors (Lipinski definition) is 5. The molecule has 1 saturated heterocycles. The lowest BCUT2D eigenvalue weighted by molar-refractivity contribution is -0.159. The summed E-state index contributed by atoms with van der Waals surface area (Å²) in [5, 5.41) is 2.67. The van der Waals surface area contributed by atoms with E-state index in [1.54, 1.807) is 12.1 Å². The van der Waals surface area contributed by atoms with Crippen molar-refractivity contribution in [2.75, 3.05) is 11.9 Å². The van der Waals surface area contributed by atoms with Gasteiger partial charge in [0.05, 0.1) is 11.8 Å². The fourth-order valence-electron chi connectivity index (χ4n) is 6.28. The number of nitrogens with zero attached hydrogens (tertiary/aromatic N) is 1. The minimum atomic E-state index is -1.14. The van der Waals surface area contributed by atoms with E-state index in [-0.39, 0.29) is 23.7 Å². The number of hydrogen-bond donors (Lipinski definition) is 1. The topological polar surface area (TPSA) is 92.8 Å². The maximum atomic E-state index is 13.7. The quantitative estimate of drug-likeness (QED) is 0.431. The van der Waals surface area contributed by atoms with Crippen molar-refractivity contribution in [2.45, 2.75) is 31.7 Å². The van der Waals surface area contributed by atoms with Crippen molar-refractivity contribution in [3.8, 4) is 0 Å². The molecule has 0 unspecified atom stereocenters. The lowest BCUT2D eigenvalue weighted by atomic mass is 9.55. The Kier molecular flexibility index (Phi) is 5.44. The van der Waals surface area contributed by atoms with Gasteiger partial charge in [0.1, 0.15) is 6.04 Å². The molecule has 3 aromatic carbocycles. The highest BCUT2D eigenvalue weighted by Gasteiger charge is 2.62. The molecular formula is C30H26N2O5. The molecule has 3 atom stereocenters. The fraction of sp³-hybridized carbons (Fsp3) is 0.267. The van der Waals surface area contributed by atoms with Crippen LogP contribution in [0.3, 0.4) is 0 Å². The summed E-state index contributed by atoms with van der Waals surface area (Å²) in [6, 6.07) is 22.0. The largest absolute Gasteiger partial charge is 0.454 e. The molecule has 2 bridgehead atoms. The van der Waals surface area contributed by atoms with Gasteiger partial charge in [0.2, 0.25) is 11.8 Å². The fourth-order valence-corrected chi connectivity index (χ4v) is 6.28. The van der Waals surface area contributed by atoms with E-state index in [9.17, 15) is 19.2 Å². The van der Waals surface area contributed by atoms with Crippen LogP contribution in [-0.2, 0) is 23.9 Å². The number of esters is 1. The zero-order valence-electron chi connectivity index (χ0n) is 20.5. The van der Waals surface area contributed by atoms with Crippen LogP contribution in [0.5, 0.6) is 0 Å². The van der Waals surface area contributed by atoms with Gasteiger partial charge in [-0.3, -0.25) is 19.3 Å². The van der Waals surface area contributed by atoms with Crippen LogP contribution < -0.4 is 5.32 Å². The molecule has 7 nitrogen and oxygen atoms in total. The lowest BCUT2D eigenvalue weighted by Crippen LogP contribution is -2.45. The van der Waals surface area contributed by atoms with Gasteiger partial charge >= 0.3 is 5.97 Å². The zero-order chi connectivity index (χ0) is 25.8. The van der Waals surface area contributed by atoms with E-state index in [1.165, 1.54) is 6.92 Å². The second kappa shape index (κ2) is 8.69. The summed E-state index contributed by atoms with van der Waals surface area (Å²) in [5.41, 5.74) is 5.91. The van der Waals surface area contributed by atoms with E-state index < -0.39 is 36.4 Å². The molecule has 186 valence electrons. The normalized spacial score (nSPS) is 23.7. The van der Waals surface area contributed by atoms with Crippen molar-refractivity contribution in [3.05, 3.63) is 101 Å². The van der Waals surface area contributed by atoms with E-state index in [2.05, 4.69) is 5.32 Å². The molecule has 37 heavy (non-hydrogen) atoms. The first kappa shape index (κ1) is 23.2. The third kappa shape index (κ3) is 3.56. The molecule has 1 fully saturated rings. The summed E-state index contributed by atoms with van der Waals surface area (Å²) in [5.74, 6) is -3.63. The Morgan fingerprint density at radius 1 is 0.811 bits per heavy atom. The number of carbonyl (C=O) groups excluding carboxylic acids is 4. The maximum Gasteiger partial charge on any atom is 0.329 e. The number of amides is 3. The molecule has 0 spiro atoms. The summed E-state index contributed by atoms with van der Waals surface area (Å²) in [4.78, 5) is 53.7. The monoisotopic (exact) mass is 494 g/mol. The molecule has 1 heterocycles. The molecule has 3 aliphatic carbocycles. The Morgan fingerprint density at radius 3 is 1.73 bits per heavy atom. The highest BCUT2D eigenvalue weighted by Crippen LogP contribution is 2.61. The standard InChI is InChI=1S/C30H26N2O5/c1-16-11-13-18(14-12-16)31-23(33)15-37-30(36)17(2)32-28(34)26-24-19-7-3-4-8-20(19)25(27(26)29(32)35)22-10-6-5-9-21(22)24/h3-14,17,24-27H,15H2,1-2H3,(H,31,33)/t17-,24?,25?,26-,27-/m0/s1. The summed E-state index contributed by atoms with van der Waals surface area (Å²) in [6.45, 7) is 2.91. The average molecular weight is 495 g/mol. The van der Waals surface area contributed by atoms with Crippen LogP contribution in [0, 0.1) is 18.8 Å². The number of anilines is 1. The van der Waals surface area contributed by atoms with E-state index in [1.807, 2.05) is 67.6 Å². The van der Waals surface area contributed by atoms with Crippen LogP contribution in [0.15, 0.2) is 72.8 Å². The Bertz CT molecular complexity index is 1330. The van der Waals surface area contributed by atoms with Gasteiger partial charge in [-0.1, -0.05) is 66.2 Å². The van der Waals surface area contributed by atoms with Crippen molar-refractivity contribution >= 4 is 29.4 Å². The van der Waals surface area contributed by atoms with Crippen LogP contribution >= 0.6 is 0 Å². The number of benzene rings is 3. The first-order chi connectivity index (χ1) is 17.9. The number of imide groups is 1. The molecule has 4 aliphatic rings. The summed E-state index contributed by atoms with van der Waals surface area (Å²) < 4.78 is 5.22. The van der Waals surface area contributed by atoms with Crippen molar-refractivity contribution in [3.63, 3.8) is 0 Å². The lowest BCUT2D eigenvalue weighted by Gasteiger charge is -2.45. The van der Waals surface area contributed by atoms with Gasteiger partial charge in [-0.25, -0.2) is 4.79 Å². The first-order valence-electron chi connectivity index (χ1n) is 12.4. The number of nitrogens with one attached hydrogen (secondary N) is 1. The predicted molar refractivity (Wildman–Crippen MR) is 136 cm³/mol. The van der Waals surface area contributed by atoms with Crippen LogP contribution in [0.2, 0.25) is 0 Å². The average Bonchev–Trinajstić information content (AvgIpc) is 3.18. The smallest absolute Gasteiger partial charge is 0.329 e. The third-order valence-corrected chi connectivity index (χ3v) is 7.89. The van der Waals surface area contributed by atoms with E-state index in [0.717, 1.165) is 32.7 Å². The first-order valence-corrected chi connectivity index (χ1v) is 12.4. The summed E-state index contributed by atoms with van der Waals surface area (Å²) in [6.07, 6.45) is 0. The van der Waals surface area contributed by atoms with Gasteiger partial charge in [0.15, 0.2) is 6.61 Å². The second-order valence-corrected chi connectivity index (χ2v) is 10.0. The van der Waals surface area contributed by atoms with Crippen LogP contribution in [0.1, 0.15) is 46.6 Å². The van der Waals surface area contributed by atoms with Gasteiger partial charge < -0.3 is 10.1 Å². The van der Waals surface area contributed by atoms with E-state index >= 15 is 0 Å². The number of likely N-dealkylation sites (tertiary alicyclic amines) is 1. The minimum absolute atomic E-state index is 0.243. The number of aryl methyl sites for hydroxylation is 1. The Balaban J connectivity index is 1.21. The number of rotatable bonds is 5. The molecule has 7 rings (SSSR count). The highest BCUT2D eigenvalue weighted by molar-refractivity contribution is 6.10. The van der Waals surface area contributed by atoms with Crippen molar-refractivity contribution < 1.29 is 23.9 Å². The van der Waals surface area contributed by atoms with Gasteiger partial charge in [0.25, 0.3) is 5.91 Å². The van der Waals surface area contributed by atoms with Crippen LogP contribution in [0.25, 0.3) is 0 Å². The van der Waals surface area contributed by atoms with Gasteiger partial charge in [-0.05, 0) is 48.2 Å². The van der Waals surface area contributed by atoms with Gasteiger partial charge in [-0.15, -0.1) is 0 Å². The molecule has 0 radical (unpaired) electrons. The maximum absolute atomic E-state index is 13.7. The van der Waals surface area contributed by atoms with Crippen LogP contribution in [-0.4, -0.2) is 41.2 Å². The van der Waals surface area contributed by atoms with Crippen LogP contribution in [0.4, 0.5) is 5.69 Å². The second-order valence-electron chi connectivity index (χ2n) is 10.0. The molecule has 1 aliphatic heterocycles. The number of ether oxygens (including phenoxy) is 1. The number of carbonyl (C=O) groups is 4. The summed E-state index contributed by atoms with van der Waals surface area (Å²) >= 11 is 0. The van der Waals surface area contributed by atoms with Crippen molar-refractivity contribution in [1.29, 1.82) is 0 Å². The Labute approximate surface area is 214 Å². The van der Waals surface area contributed by atoms with Gasteiger partial charge in [0, 0.05) is 17.5 Å². The molecule has 3 aromatic rings. The SMILES string of the molecule is Cc1ccc(NC(=O)COC(=O)[C@H](C)N2C(=O)[C@H]3C4c5ccccc5C(c5ccccc54)[C@@H]3C2=O)cc1. The molecule has 1 N–H and O–H groups in total. The zero-order valence-corrected chi connectivity index (χ0v) is 20.5. The molecule has 7 heteroatoms. The molecule has 0 aromatic heterocycles. The Hall–Kier alpha value is -4.26. The molecular weight excluding hydrogens is 468 g/mol. The van der Waals surface area contributed by atoms with Gasteiger partial charge in [-0.2, -0.15) is 0 Å². The van der Waals surface area contributed by atoms with E-state index in [4.69, 9.17) is 4.74 Å². The highest BCUT2D eigenvalue weighted by atomic mass is 16.5. The van der Waals surface area contributed by atoms with Crippen molar-refractivity contribution in [1.82, 2.24) is 4.90 Å². The Morgan fingerprint density at radius 2 is 1.27 bits per heavy atom. The van der Waals surface area contributed by atoms with Crippen molar-refractivity contribution in [2.24, 2.45) is 11.8 Å². The summed E-state index contributed by atoms with van der Waals surface area (Å²) in [7, 11) is 0. The third-order valence-electron chi connectivity index (χ3n) is 7.89. The minimum Gasteiger partial charge on any atom is -0.454 e. The van der Waals surface area contributed by atoms with E-state index in [0.29, 0.717) is 5.69 Å².